The van der Waals surface area contributed by atoms with Gasteiger partial charge in [-0.1, -0.05) is 17.7 Å². The normalized spacial score (nSPS) is 27.2. The third-order valence-electron chi connectivity index (χ3n) is 2.24. The van der Waals surface area contributed by atoms with Crippen molar-refractivity contribution in [3.05, 3.63) is 28.8 Å². The molecule has 64 valence electrons. The molecule has 1 aromatic rings. The molecule has 0 saturated heterocycles. The third kappa shape index (κ3) is 1.28. The second-order valence-corrected chi connectivity index (χ2v) is 3.62. The molecule has 0 radical (unpaired) electrons. The molecule has 0 spiro atoms. The molecule has 2 atom stereocenters. The van der Waals surface area contributed by atoms with Crippen LogP contribution < -0.4 is 5.73 Å². The SMILES string of the molecule is N[C@@H]1C[C@H]1c1ccc(O)c(Cl)c1. The molecule has 1 aromatic carbocycles. The van der Waals surface area contributed by atoms with Crippen LogP contribution in [0.5, 0.6) is 5.75 Å². The van der Waals surface area contributed by atoms with Crippen LogP contribution in [0.2, 0.25) is 5.02 Å². The highest BCUT2D eigenvalue weighted by Gasteiger charge is 2.34. The van der Waals surface area contributed by atoms with Crippen molar-refractivity contribution in [1.29, 1.82) is 0 Å². The van der Waals surface area contributed by atoms with E-state index in [1.54, 1.807) is 12.1 Å². The van der Waals surface area contributed by atoms with Crippen LogP contribution in [0.4, 0.5) is 0 Å². The molecule has 1 fully saturated rings. The predicted molar refractivity (Wildman–Crippen MR) is 48.5 cm³/mol. The van der Waals surface area contributed by atoms with Crippen LogP contribution >= 0.6 is 11.6 Å². The second-order valence-electron chi connectivity index (χ2n) is 3.22. The summed E-state index contributed by atoms with van der Waals surface area (Å²) >= 11 is 5.74. The molecule has 1 saturated carbocycles. The van der Waals surface area contributed by atoms with Gasteiger partial charge in [-0.15, -0.1) is 0 Å². The van der Waals surface area contributed by atoms with E-state index in [-0.39, 0.29) is 11.8 Å². The molecule has 12 heavy (non-hydrogen) atoms. The number of hydrogen-bond donors (Lipinski definition) is 2. The average Bonchev–Trinajstić information content (AvgIpc) is 2.73. The minimum absolute atomic E-state index is 0.134. The van der Waals surface area contributed by atoms with Gasteiger partial charge >= 0.3 is 0 Å². The Balaban J connectivity index is 2.29. The Hall–Kier alpha value is -0.730. The van der Waals surface area contributed by atoms with Crippen LogP contribution in [0.3, 0.4) is 0 Å². The number of halogens is 1. The van der Waals surface area contributed by atoms with Crippen LogP contribution in [0.25, 0.3) is 0 Å². The fourth-order valence-corrected chi connectivity index (χ4v) is 1.54. The molecule has 2 nitrogen and oxygen atoms in total. The van der Waals surface area contributed by atoms with E-state index < -0.39 is 0 Å². The van der Waals surface area contributed by atoms with Gasteiger partial charge in [-0.05, 0) is 24.1 Å². The van der Waals surface area contributed by atoms with Crippen molar-refractivity contribution in [2.45, 2.75) is 18.4 Å². The first-order valence-corrected chi connectivity index (χ1v) is 4.30. The lowest BCUT2D eigenvalue weighted by molar-refractivity contribution is 0.475. The van der Waals surface area contributed by atoms with Crippen LogP contribution in [0.15, 0.2) is 18.2 Å². The number of phenols is 1. The fourth-order valence-electron chi connectivity index (χ4n) is 1.35. The fraction of sp³-hybridized carbons (Fsp3) is 0.333. The number of aromatic hydroxyl groups is 1. The van der Waals surface area contributed by atoms with Crippen molar-refractivity contribution in [1.82, 2.24) is 0 Å². The van der Waals surface area contributed by atoms with Gasteiger partial charge in [-0.2, -0.15) is 0 Å². The maximum atomic E-state index is 9.15. The Labute approximate surface area is 76.0 Å². The summed E-state index contributed by atoms with van der Waals surface area (Å²) < 4.78 is 0. The molecule has 3 N–H and O–H groups in total. The van der Waals surface area contributed by atoms with E-state index in [2.05, 4.69) is 0 Å². The molecular weight excluding hydrogens is 174 g/mol. The molecule has 3 heteroatoms. The van der Waals surface area contributed by atoms with E-state index in [0.29, 0.717) is 10.9 Å². The quantitative estimate of drug-likeness (QED) is 0.698. The monoisotopic (exact) mass is 183 g/mol. The number of nitrogens with two attached hydrogens (primary N) is 1. The molecule has 0 unspecified atom stereocenters. The summed E-state index contributed by atoms with van der Waals surface area (Å²) in [4.78, 5) is 0. The van der Waals surface area contributed by atoms with Gasteiger partial charge in [0.1, 0.15) is 5.75 Å². The van der Waals surface area contributed by atoms with E-state index in [1.165, 1.54) is 0 Å². The molecule has 0 aromatic heterocycles. The topological polar surface area (TPSA) is 46.2 Å². The molecule has 0 heterocycles. The number of rotatable bonds is 1. The van der Waals surface area contributed by atoms with E-state index in [0.717, 1.165) is 12.0 Å². The van der Waals surface area contributed by atoms with E-state index in [1.807, 2.05) is 6.07 Å². The lowest BCUT2D eigenvalue weighted by Gasteiger charge is -2.00. The van der Waals surface area contributed by atoms with E-state index in [9.17, 15) is 0 Å². The van der Waals surface area contributed by atoms with Crippen molar-refractivity contribution >= 4 is 11.6 Å². The third-order valence-corrected chi connectivity index (χ3v) is 2.54. The summed E-state index contributed by atoms with van der Waals surface area (Å²) in [6, 6.07) is 5.56. The van der Waals surface area contributed by atoms with Gasteiger partial charge < -0.3 is 10.8 Å². The van der Waals surface area contributed by atoms with Gasteiger partial charge in [-0.25, -0.2) is 0 Å². The summed E-state index contributed by atoms with van der Waals surface area (Å²) in [5.74, 6) is 0.581. The minimum atomic E-state index is 0.134. The van der Waals surface area contributed by atoms with Gasteiger partial charge in [0.15, 0.2) is 0 Å². The van der Waals surface area contributed by atoms with Gasteiger partial charge in [0.2, 0.25) is 0 Å². The molecule has 0 amide bonds. The van der Waals surface area contributed by atoms with Crippen molar-refractivity contribution in [2.75, 3.05) is 0 Å². The second kappa shape index (κ2) is 2.64. The number of benzene rings is 1. The summed E-state index contributed by atoms with van der Waals surface area (Å²) in [6.45, 7) is 0. The zero-order valence-electron chi connectivity index (χ0n) is 6.50. The van der Waals surface area contributed by atoms with E-state index >= 15 is 0 Å². The lowest BCUT2D eigenvalue weighted by atomic mass is 10.1. The highest BCUT2D eigenvalue weighted by Crippen LogP contribution is 2.40. The first-order valence-electron chi connectivity index (χ1n) is 3.92. The van der Waals surface area contributed by atoms with Crippen molar-refractivity contribution in [3.63, 3.8) is 0 Å². The zero-order chi connectivity index (χ0) is 8.72. The van der Waals surface area contributed by atoms with Crippen molar-refractivity contribution in [3.8, 4) is 5.75 Å². The molecular formula is C9H10ClNO. The Morgan fingerprint density at radius 3 is 2.67 bits per heavy atom. The van der Waals surface area contributed by atoms with Crippen LogP contribution in [0.1, 0.15) is 17.9 Å². The molecule has 0 aliphatic heterocycles. The van der Waals surface area contributed by atoms with Crippen LogP contribution in [0, 0.1) is 0 Å². The van der Waals surface area contributed by atoms with Gasteiger partial charge in [0.05, 0.1) is 5.02 Å². The van der Waals surface area contributed by atoms with Gasteiger partial charge in [0.25, 0.3) is 0 Å². The molecule has 2 rings (SSSR count). The smallest absolute Gasteiger partial charge is 0.134 e. The average molecular weight is 184 g/mol. The first kappa shape index (κ1) is 7.90. The number of phenolic OH excluding ortho intramolecular Hbond substituents is 1. The Kier molecular flexibility index (Phi) is 1.74. The highest BCUT2D eigenvalue weighted by atomic mass is 35.5. The Morgan fingerprint density at radius 2 is 2.17 bits per heavy atom. The first-order chi connectivity index (χ1) is 5.68. The Bertz CT molecular complexity index is 313. The van der Waals surface area contributed by atoms with Crippen molar-refractivity contribution in [2.24, 2.45) is 5.73 Å². The maximum Gasteiger partial charge on any atom is 0.134 e. The Morgan fingerprint density at radius 1 is 1.50 bits per heavy atom. The largest absolute Gasteiger partial charge is 0.506 e. The highest BCUT2D eigenvalue weighted by molar-refractivity contribution is 6.32. The molecule has 1 aliphatic rings. The van der Waals surface area contributed by atoms with E-state index in [4.69, 9.17) is 22.4 Å². The molecule has 0 bridgehead atoms. The molecule has 1 aliphatic carbocycles. The lowest BCUT2D eigenvalue weighted by Crippen LogP contribution is -2.00. The van der Waals surface area contributed by atoms with Crippen LogP contribution in [-0.4, -0.2) is 11.1 Å². The summed E-state index contributed by atoms with van der Waals surface area (Å²) in [5, 5.41) is 9.56. The van der Waals surface area contributed by atoms with Gasteiger partial charge in [0, 0.05) is 12.0 Å². The zero-order valence-corrected chi connectivity index (χ0v) is 7.25. The standard InChI is InChI=1S/C9H10ClNO/c10-7-3-5(1-2-9(7)12)6-4-8(6)11/h1-3,6,8,12H,4,11H2/t6-,8+/m0/s1. The maximum absolute atomic E-state index is 9.15. The summed E-state index contributed by atoms with van der Waals surface area (Å²) in [6.07, 6.45) is 1.03. The minimum Gasteiger partial charge on any atom is -0.506 e. The number of hydrogen-bond acceptors (Lipinski definition) is 2. The predicted octanol–water partition coefficient (Wildman–Crippen LogP) is 1.86. The summed E-state index contributed by atoms with van der Waals surface area (Å²) in [7, 11) is 0. The van der Waals surface area contributed by atoms with Crippen molar-refractivity contribution < 1.29 is 5.11 Å². The van der Waals surface area contributed by atoms with Gasteiger partial charge in [-0.3, -0.25) is 0 Å². The summed E-state index contributed by atoms with van der Waals surface area (Å²) in [5.41, 5.74) is 6.81. The van der Waals surface area contributed by atoms with Crippen LogP contribution in [-0.2, 0) is 0 Å².